The van der Waals surface area contributed by atoms with E-state index in [0.717, 1.165) is 0 Å². The number of benzene rings is 1. The number of aromatic amines is 1. The molecule has 94 valence electrons. The summed E-state index contributed by atoms with van der Waals surface area (Å²) in [4.78, 5) is 0. The lowest BCUT2D eigenvalue weighted by atomic mass is 9.64. The van der Waals surface area contributed by atoms with E-state index < -0.39 is 0 Å². The van der Waals surface area contributed by atoms with E-state index in [4.69, 9.17) is 0 Å². The van der Waals surface area contributed by atoms with Crippen molar-refractivity contribution in [3.8, 4) is 11.1 Å². The Balaban J connectivity index is 2.40. The molecule has 0 fully saturated rings. The lowest BCUT2D eigenvalue weighted by molar-refractivity contribution is 0.272. The van der Waals surface area contributed by atoms with E-state index in [1.807, 2.05) is 6.20 Å². The van der Waals surface area contributed by atoms with Crippen molar-refractivity contribution >= 4 is 0 Å². The van der Waals surface area contributed by atoms with Crippen LogP contribution in [0.1, 0.15) is 39.0 Å². The van der Waals surface area contributed by atoms with Crippen molar-refractivity contribution in [3.63, 3.8) is 0 Å². The molecule has 1 heterocycles. The number of H-pyrrole nitrogens is 1. The van der Waals surface area contributed by atoms with Gasteiger partial charge in [-0.25, -0.2) is 0 Å². The molecule has 0 saturated carbocycles. The Kier molecular flexibility index (Phi) is 2.37. The van der Waals surface area contributed by atoms with Crippen LogP contribution in [-0.4, -0.2) is 10.2 Å². The van der Waals surface area contributed by atoms with Crippen LogP contribution < -0.4 is 0 Å². The van der Waals surface area contributed by atoms with Crippen LogP contribution >= 0.6 is 0 Å². The number of hydrogen-bond donors (Lipinski definition) is 1. The lowest BCUT2D eigenvalue weighted by Gasteiger charge is -2.38. The highest BCUT2D eigenvalue weighted by Crippen LogP contribution is 2.55. The monoisotopic (exact) mass is 240 g/mol. The predicted molar refractivity (Wildman–Crippen MR) is 74.5 cm³/mol. The molecular formula is C16H20N2. The van der Waals surface area contributed by atoms with Gasteiger partial charge in [0.05, 0.1) is 5.69 Å². The molecule has 18 heavy (non-hydrogen) atoms. The van der Waals surface area contributed by atoms with Crippen molar-refractivity contribution in [2.75, 3.05) is 0 Å². The van der Waals surface area contributed by atoms with E-state index in [9.17, 15) is 0 Å². The molecule has 0 atom stereocenters. The highest BCUT2D eigenvalue weighted by Gasteiger charge is 2.49. The van der Waals surface area contributed by atoms with E-state index in [1.165, 1.54) is 22.4 Å². The third-order valence-corrected chi connectivity index (χ3v) is 4.52. The number of rotatable bonds is 2. The van der Waals surface area contributed by atoms with Crippen LogP contribution in [0.25, 0.3) is 11.1 Å². The normalized spacial score (nSPS) is 16.1. The Morgan fingerprint density at radius 1 is 1.00 bits per heavy atom. The molecule has 1 aromatic heterocycles. The van der Waals surface area contributed by atoms with Gasteiger partial charge in [-0.05, 0) is 23.0 Å². The first-order valence-electron chi connectivity index (χ1n) is 6.74. The van der Waals surface area contributed by atoms with Gasteiger partial charge in [0.25, 0.3) is 0 Å². The van der Waals surface area contributed by atoms with Crippen molar-refractivity contribution in [1.29, 1.82) is 0 Å². The van der Waals surface area contributed by atoms with Gasteiger partial charge in [0.2, 0.25) is 0 Å². The smallest absolute Gasteiger partial charge is 0.0811 e. The van der Waals surface area contributed by atoms with Crippen molar-refractivity contribution in [2.45, 2.75) is 33.1 Å². The molecule has 2 heteroatoms. The Labute approximate surface area is 108 Å². The third-order valence-electron chi connectivity index (χ3n) is 4.52. The topological polar surface area (TPSA) is 28.7 Å². The van der Waals surface area contributed by atoms with Gasteiger partial charge < -0.3 is 0 Å². The van der Waals surface area contributed by atoms with Crippen LogP contribution in [0.4, 0.5) is 0 Å². The lowest BCUT2D eigenvalue weighted by Crippen LogP contribution is -2.37. The summed E-state index contributed by atoms with van der Waals surface area (Å²) in [6.07, 6.45) is 2.04. The van der Waals surface area contributed by atoms with Gasteiger partial charge in [0.1, 0.15) is 0 Å². The highest BCUT2D eigenvalue weighted by atomic mass is 15.1. The van der Waals surface area contributed by atoms with Gasteiger partial charge >= 0.3 is 0 Å². The molecule has 0 spiro atoms. The molecule has 1 aliphatic rings. The summed E-state index contributed by atoms with van der Waals surface area (Å²) in [5, 5.41) is 7.64. The van der Waals surface area contributed by atoms with E-state index in [-0.39, 0.29) is 5.41 Å². The first-order chi connectivity index (χ1) is 8.60. The van der Waals surface area contributed by atoms with Gasteiger partial charge in [0, 0.05) is 17.2 Å². The van der Waals surface area contributed by atoms with Crippen LogP contribution in [0.15, 0.2) is 30.5 Å². The molecule has 2 aromatic rings. The maximum Gasteiger partial charge on any atom is 0.0811 e. The van der Waals surface area contributed by atoms with Crippen LogP contribution in [-0.2, 0) is 5.41 Å². The summed E-state index contributed by atoms with van der Waals surface area (Å²) in [6, 6.07) is 8.76. The molecule has 3 rings (SSSR count). The molecular weight excluding hydrogens is 220 g/mol. The standard InChI is InChI=1S/C16H20N2/c1-10(2)16(11(3)4)14-8-6-5-7-12(14)13-9-17-18-15(13)16/h5-11H,1-4H3,(H,17,18). The van der Waals surface area contributed by atoms with Crippen LogP contribution in [0.2, 0.25) is 0 Å². The molecule has 0 saturated heterocycles. The predicted octanol–water partition coefficient (Wildman–Crippen LogP) is 3.99. The molecule has 0 amide bonds. The number of aromatic nitrogens is 2. The highest BCUT2D eigenvalue weighted by molar-refractivity contribution is 5.79. The fourth-order valence-electron chi connectivity index (χ4n) is 3.85. The number of fused-ring (bicyclic) bond motifs is 3. The zero-order valence-electron chi connectivity index (χ0n) is 11.5. The van der Waals surface area contributed by atoms with Crippen molar-refractivity contribution in [1.82, 2.24) is 10.2 Å². The van der Waals surface area contributed by atoms with Crippen LogP contribution in [0, 0.1) is 11.8 Å². The minimum absolute atomic E-state index is 0.0475. The molecule has 0 aliphatic heterocycles. The maximum absolute atomic E-state index is 4.58. The average molecular weight is 240 g/mol. The quantitative estimate of drug-likeness (QED) is 0.844. The number of hydrogen-bond acceptors (Lipinski definition) is 1. The zero-order valence-corrected chi connectivity index (χ0v) is 11.5. The summed E-state index contributed by atoms with van der Waals surface area (Å²) in [6.45, 7) is 9.22. The van der Waals surface area contributed by atoms with Gasteiger partial charge in [-0.2, -0.15) is 5.10 Å². The Hall–Kier alpha value is -1.57. The van der Waals surface area contributed by atoms with Gasteiger partial charge in [-0.15, -0.1) is 0 Å². The fourth-order valence-corrected chi connectivity index (χ4v) is 3.85. The number of nitrogens with zero attached hydrogens (tertiary/aromatic N) is 1. The number of nitrogens with one attached hydrogen (secondary N) is 1. The maximum atomic E-state index is 4.58. The summed E-state index contributed by atoms with van der Waals surface area (Å²) in [7, 11) is 0. The average Bonchev–Trinajstić information content (AvgIpc) is 2.86. The second-order valence-corrected chi connectivity index (χ2v) is 5.87. The molecule has 1 aromatic carbocycles. The first-order valence-corrected chi connectivity index (χ1v) is 6.74. The van der Waals surface area contributed by atoms with Crippen LogP contribution in [0.3, 0.4) is 0 Å². The second-order valence-electron chi connectivity index (χ2n) is 5.87. The second kappa shape index (κ2) is 3.71. The third kappa shape index (κ3) is 1.16. The molecule has 2 nitrogen and oxygen atoms in total. The Bertz CT molecular complexity index is 570. The minimum Gasteiger partial charge on any atom is -0.285 e. The summed E-state index contributed by atoms with van der Waals surface area (Å²) in [5.41, 5.74) is 5.36. The SMILES string of the molecule is CC(C)C1(C(C)C)c2ccccc2-c2c[nH]nc21. The molecule has 0 unspecified atom stereocenters. The largest absolute Gasteiger partial charge is 0.285 e. The Morgan fingerprint density at radius 3 is 2.33 bits per heavy atom. The van der Waals surface area contributed by atoms with E-state index >= 15 is 0 Å². The minimum atomic E-state index is 0.0475. The summed E-state index contributed by atoms with van der Waals surface area (Å²) >= 11 is 0. The van der Waals surface area contributed by atoms with E-state index in [0.29, 0.717) is 11.8 Å². The molecule has 1 aliphatic carbocycles. The van der Waals surface area contributed by atoms with Crippen LogP contribution in [0.5, 0.6) is 0 Å². The first kappa shape index (κ1) is 11.5. The van der Waals surface area contributed by atoms with Gasteiger partial charge in [-0.1, -0.05) is 52.0 Å². The van der Waals surface area contributed by atoms with E-state index in [2.05, 4.69) is 62.2 Å². The van der Waals surface area contributed by atoms with E-state index in [1.54, 1.807) is 0 Å². The zero-order chi connectivity index (χ0) is 12.9. The van der Waals surface area contributed by atoms with Gasteiger partial charge in [-0.3, -0.25) is 5.10 Å². The molecule has 0 radical (unpaired) electrons. The molecule has 0 bridgehead atoms. The molecule has 1 N–H and O–H groups in total. The van der Waals surface area contributed by atoms with Crippen molar-refractivity contribution in [3.05, 3.63) is 41.7 Å². The van der Waals surface area contributed by atoms with Gasteiger partial charge in [0.15, 0.2) is 0 Å². The summed E-state index contributed by atoms with van der Waals surface area (Å²) < 4.78 is 0. The van der Waals surface area contributed by atoms with Crippen molar-refractivity contribution in [2.24, 2.45) is 11.8 Å². The summed E-state index contributed by atoms with van der Waals surface area (Å²) in [5.74, 6) is 1.06. The van der Waals surface area contributed by atoms with Crippen molar-refractivity contribution < 1.29 is 0 Å². The fraction of sp³-hybridized carbons (Fsp3) is 0.438. The Morgan fingerprint density at radius 2 is 1.67 bits per heavy atom.